The fraction of sp³-hybridized carbons (Fsp3) is 0.167. The van der Waals surface area contributed by atoms with Crippen molar-refractivity contribution in [3.63, 3.8) is 0 Å². The first-order chi connectivity index (χ1) is 11.5. The number of ether oxygens (including phenoxy) is 1. The molecule has 2 aromatic rings. The van der Waals surface area contributed by atoms with Crippen LogP contribution in [-0.2, 0) is 9.53 Å². The number of rotatable bonds is 3. The third-order valence-electron chi connectivity index (χ3n) is 3.81. The van der Waals surface area contributed by atoms with Gasteiger partial charge in [-0.2, -0.15) is 0 Å². The molecule has 1 aliphatic heterocycles. The van der Waals surface area contributed by atoms with Crippen LogP contribution in [-0.4, -0.2) is 36.1 Å². The minimum Gasteiger partial charge on any atom is -0.428 e. The Morgan fingerprint density at radius 3 is 2.25 bits per heavy atom. The molecule has 2 aromatic carbocycles. The van der Waals surface area contributed by atoms with Crippen molar-refractivity contribution in [1.29, 1.82) is 0 Å². The standard InChI is InChI=1S/C18H16N2O4/c1-12-8-10-13(11-9-12)17(22)24-16-15(21)19(2)18(23)20(16)14-6-4-3-5-7-14/h3-11,16H,1-2H3. The van der Waals surface area contributed by atoms with Gasteiger partial charge in [-0.1, -0.05) is 35.9 Å². The molecular weight excluding hydrogens is 308 g/mol. The van der Waals surface area contributed by atoms with Crippen molar-refractivity contribution in [2.45, 2.75) is 13.2 Å². The van der Waals surface area contributed by atoms with Crippen LogP contribution in [0.15, 0.2) is 54.6 Å². The number of aryl methyl sites for hydroxylation is 1. The Bertz CT molecular complexity index is 786. The lowest BCUT2D eigenvalue weighted by atomic mass is 10.1. The zero-order valence-corrected chi connectivity index (χ0v) is 13.3. The van der Waals surface area contributed by atoms with Crippen LogP contribution in [0.3, 0.4) is 0 Å². The van der Waals surface area contributed by atoms with E-state index in [-0.39, 0.29) is 0 Å². The van der Waals surface area contributed by atoms with Gasteiger partial charge in [-0.05, 0) is 31.2 Å². The number of carbonyl (C=O) groups excluding carboxylic acids is 3. The van der Waals surface area contributed by atoms with Gasteiger partial charge in [-0.15, -0.1) is 0 Å². The summed E-state index contributed by atoms with van der Waals surface area (Å²) in [6.07, 6.45) is -1.31. The number of nitrogens with zero attached hydrogens (tertiary/aromatic N) is 2. The van der Waals surface area contributed by atoms with Gasteiger partial charge in [-0.25, -0.2) is 14.5 Å². The van der Waals surface area contributed by atoms with E-state index in [1.54, 1.807) is 54.6 Å². The van der Waals surface area contributed by atoms with Crippen LogP contribution in [0.25, 0.3) is 0 Å². The van der Waals surface area contributed by atoms with Crippen LogP contribution in [0.1, 0.15) is 15.9 Å². The molecule has 0 spiro atoms. The molecular formula is C18H16N2O4. The quantitative estimate of drug-likeness (QED) is 0.643. The summed E-state index contributed by atoms with van der Waals surface area (Å²) in [5, 5.41) is 0. The highest BCUT2D eigenvalue weighted by atomic mass is 16.6. The first kappa shape index (κ1) is 15.7. The summed E-state index contributed by atoms with van der Waals surface area (Å²) in [5.74, 6) is -1.23. The van der Waals surface area contributed by atoms with Gasteiger partial charge in [0.05, 0.1) is 5.56 Å². The van der Waals surface area contributed by atoms with Crippen LogP contribution in [0.5, 0.6) is 0 Å². The van der Waals surface area contributed by atoms with Gasteiger partial charge in [0, 0.05) is 12.7 Å². The predicted octanol–water partition coefficient (Wildman–Crippen LogP) is 2.58. The first-order valence-corrected chi connectivity index (χ1v) is 7.42. The summed E-state index contributed by atoms with van der Waals surface area (Å²) in [7, 11) is 1.36. The van der Waals surface area contributed by atoms with Crippen molar-refractivity contribution >= 4 is 23.6 Å². The fourth-order valence-corrected chi connectivity index (χ4v) is 2.43. The van der Waals surface area contributed by atoms with Crippen LogP contribution in [0.2, 0.25) is 0 Å². The largest absolute Gasteiger partial charge is 0.428 e. The SMILES string of the molecule is Cc1ccc(C(=O)OC2C(=O)N(C)C(=O)N2c2ccccc2)cc1. The maximum atomic E-state index is 12.3. The monoisotopic (exact) mass is 324 g/mol. The van der Waals surface area contributed by atoms with E-state index < -0.39 is 24.1 Å². The highest BCUT2D eigenvalue weighted by molar-refractivity contribution is 6.14. The van der Waals surface area contributed by atoms with E-state index in [0.29, 0.717) is 11.3 Å². The van der Waals surface area contributed by atoms with Gasteiger partial charge in [0.15, 0.2) is 0 Å². The number of para-hydroxylation sites is 1. The minimum atomic E-state index is -1.31. The molecule has 1 heterocycles. The van der Waals surface area contributed by atoms with Gasteiger partial charge >= 0.3 is 12.0 Å². The molecule has 1 saturated heterocycles. The Kier molecular flexibility index (Phi) is 4.04. The lowest BCUT2D eigenvalue weighted by molar-refractivity contribution is -0.132. The Morgan fingerprint density at radius 2 is 1.62 bits per heavy atom. The second-order valence-corrected chi connectivity index (χ2v) is 5.51. The van der Waals surface area contributed by atoms with E-state index in [2.05, 4.69) is 0 Å². The van der Waals surface area contributed by atoms with Gasteiger partial charge in [-0.3, -0.25) is 9.69 Å². The Morgan fingerprint density at radius 1 is 1.00 bits per heavy atom. The third kappa shape index (κ3) is 2.74. The van der Waals surface area contributed by atoms with Crippen LogP contribution in [0, 0.1) is 6.92 Å². The zero-order chi connectivity index (χ0) is 17.3. The molecule has 1 unspecified atom stereocenters. The van der Waals surface area contributed by atoms with E-state index >= 15 is 0 Å². The number of imide groups is 1. The highest BCUT2D eigenvalue weighted by Crippen LogP contribution is 2.26. The Labute approximate surface area is 139 Å². The lowest BCUT2D eigenvalue weighted by Crippen LogP contribution is -2.38. The number of anilines is 1. The van der Waals surface area contributed by atoms with Crippen molar-refractivity contribution in [2.75, 3.05) is 11.9 Å². The molecule has 6 heteroatoms. The van der Waals surface area contributed by atoms with Crippen molar-refractivity contribution in [2.24, 2.45) is 0 Å². The van der Waals surface area contributed by atoms with Crippen molar-refractivity contribution in [3.8, 4) is 0 Å². The third-order valence-corrected chi connectivity index (χ3v) is 3.81. The molecule has 0 bridgehead atoms. The van der Waals surface area contributed by atoms with Gasteiger partial charge in [0.1, 0.15) is 0 Å². The molecule has 3 rings (SSSR count). The summed E-state index contributed by atoms with van der Waals surface area (Å²) in [6.45, 7) is 1.90. The number of amides is 3. The van der Waals surface area contributed by atoms with E-state index in [1.165, 1.54) is 11.9 Å². The number of urea groups is 1. The maximum absolute atomic E-state index is 12.3. The zero-order valence-electron chi connectivity index (χ0n) is 13.3. The molecule has 1 aliphatic rings. The topological polar surface area (TPSA) is 66.9 Å². The summed E-state index contributed by atoms with van der Waals surface area (Å²) < 4.78 is 5.33. The molecule has 0 saturated carbocycles. The first-order valence-electron chi connectivity index (χ1n) is 7.42. The van der Waals surface area contributed by atoms with Crippen molar-refractivity contribution in [1.82, 2.24) is 4.90 Å². The molecule has 0 aliphatic carbocycles. The predicted molar refractivity (Wildman–Crippen MR) is 87.5 cm³/mol. The highest BCUT2D eigenvalue weighted by Gasteiger charge is 2.46. The second-order valence-electron chi connectivity index (χ2n) is 5.51. The average molecular weight is 324 g/mol. The van der Waals surface area contributed by atoms with Crippen molar-refractivity contribution in [3.05, 3.63) is 65.7 Å². The van der Waals surface area contributed by atoms with E-state index in [9.17, 15) is 14.4 Å². The summed E-state index contributed by atoms with van der Waals surface area (Å²) in [4.78, 5) is 39.1. The molecule has 3 amide bonds. The van der Waals surface area contributed by atoms with E-state index in [1.807, 2.05) is 6.92 Å². The summed E-state index contributed by atoms with van der Waals surface area (Å²) >= 11 is 0. The molecule has 6 nitrogen and oxygen atoms in total. The normalized spacial score (nSPS) is 17.3. The van der Waals surface area contributed by atoms with E-state index in [0.717, 1.165) is 10.5 Å². The number of hydrogen-bond acceptors (Lipinski definition) is 4. The summed E-state index contributed by atoms with van der Waals surface area (Å²) in [6, 6.07) is 14.9. The van der Waals surface area contributed by atoms with Gasteiger partial charge in [0.25, 0.3) is 12.1 Å². The molecule has 1 fully saturated rings. The van der Waals surface area contributed by atoms with Crippen LogP contribution >= 0.6 is 0 Å². The maximum Gasteiger partial charge on any atom is 0.340 e. The Hall–Kier alpha value is -3.15. The number of hydrogen-bond donors (Lipinski definition) is 0. The average Bonchev–Trinajstić information content (AvgIpc) is 2.80. The van der Waals surface area contributed by atoms with Crippen LogP contribution < -0.4 is 4.90 Å². The van der Waals surface area contributed by atoms with Gasteiger partial charge in [0.2, 0.25) is 0 Å². The molecule has 1 atom stereocenters. The number of benzene rings is 2. The molecule has 0 N–H and O–H groups in total. The molecule has 0 radical (unpaired) electrons. The van der Waals surface area contributed by atoms with Gasteiger partial charge < -0.3 is 4.74 Å². The number of likely N-dealkylation sites (N-methyl/N-ethyl adjacent to an activating group) is 1. The number of carbonyl (C=O) groups is 3. The van der Waals surface area contributed by atoms with Crippen LogP contribution in [0.4, 0.5) is 10.5 Å². The van der Waals surface area contributed by atoms with Crippen molar-refractivity contribution < 1.29 is 19.1 Å². The fourth-order valence-electron chi connectivity index (χ4n) is 2.43. The smallest absolute Gasteiger partial charge is 0.340 e. The Balaban J connectivity index is 1.89. The molecule has 0 aromatic heterocycles. The molecule has 122 valence electrons. The van der Waals surface area contributed by atoms with E-state index in [4.69, 9.17) is 4.74 Å². The number of esters is 1. The lowest BCUT2D eigenvalue weighted by Gasteiger charge is -2.21. The summed E-state index contributed by atoms with van der Waals surface area (Å²) in [5.41, 5.74) is 1.81. The second kappa shape index (κ2) is 6.16. The molecule has 24 heavy (non-hydrogen) atoms. The minimum absolute atomic E-state index is 0.323.